The Morgan fingerprint density at radius 2 is 2.00 bits per heavy atom. The quantitative estimate of drug-likeness (QED) is 0.624. The summed E-state index contributed by atoms with van der Waals surface area (Å²) in [5, 5.41) is 8.95. The van der Waals surface area contributed by atoms with E-state index in [1.807, 2.05) is 38.2 Å². The Labute approximate surface area is 178 Å². The molecule has 162 valence electrons. The zero-order chi connectivity index (χ0) is 21.3. The lowest BCUT2D eigenvalue weighted by atomic mass is 9.85. The summed E-state index contributed by atoms with van der Waals surface area (Å²) in [5.41, 5.74) is 1.22. The predicted molar refractivity (Wildman–Crippen MR) is 117 cm³/mol. The van der Waals surface area contributed by atoms with E-state index < -0.39 is 0 Å². The molecule has 1 heterocycles. The van der Waals surface area contributed by atoms with Gasteiger partial charge >= 0.3 is 6.03 Å². The van der Waals surface area contributed by atoms with Crippen LogP contribution in [0.1, 0.15) is 50.9 Å². The lowest BCUT2D eigenvalue weighted by molar-refractivity contribution is -0.126. The molecule has 1 aromatic heterocycles. The molecule has 3 N–H and O–H groups in total. The maximum Gasteiger partial charge on any atom is 0.315 e. The summed E-state index contributed by atoms with van der Waals surface area (Å²) in [4.78, 5) is 29.0. The van der Waals surface area contributed by atoms with E-state index in [9.17, 15) is 9.59 Å². The van der Waals surface area contributed by atoms with Crippen LogP contribution in [0.4, 0.5) is 4.79 Å². The summed E-state index contributed by atoms with van der Waals surface area (Å²) in [5.74, 6) is 1.03. The van der Waals surface area contributed by atoms with E-state index in [-0.39, 0.29) is 29.9 Å². The Morgan fingerprint density at radius 1 is 1.20 bits per heavy atom. The van der Waals surface area contributed by atoms with E-state index in [0.717, 1.165) is 31.6 Å². The van der Waals surface area contributed by atoms with Crippen molar-refractivity contribution in [3.05, 3.63) is 54.1 Å². The first-order chi connectivity index (χ1) is 14.5. The van der Waals surface area contributed by atoms with Gasteiger partial charge in [0.1, 0.15) is 5.82 Å². The molecule has 1 aliphatic carbocycles. The molecule has 0 aliphatic heterocycles. The highest BCUT2D eigenvalue weighted by Gasteiger charge is 2.28. The molecule has 2 unspecified atom stereocenters. The predicted octanol–water partition coefficient (Wildman–Crippen LogP) is 2.86. The first kappa shape index (κ1) is 21.9. The summed E-state index contributed by atoms with van der Waals surface area (Å²) >= 11 is 0. The average molecular weight is 412 g/mol. The number of benzene rings is 1. The number of hydrogen-bond donors (Lipinski definition) is 3. The van der Waals surface area contributed by atoms with Gasteiger partial charge in [0.05, 0.1) is 0 Å². The Balaban J connectivity index is 1.41. The SMILES string of the molecule is CC(C)NC(=O)C1CCCC(NC(=O)NCCc2nccn2Cc2ccccc2)C1. The largest absolute Gasteiger partial charge is 0.354 e. The van der Waals surface area contributed by atoms with Gasteiger partial charge in [-0.25, -0.2) is 9.78 Å². The maximum absolute atomic E-state index is 12.3. The van der Waals surface area contributed by atoms with Crippen LogP contribution >= 0.6 is 0 Å². The standard InChI is InChI=1S/C23H33N5O2/c1-17(2)26-22(29)19-9-6-10-20(15-19)27-23(30)25-12-11-21-24-13-14-28(21)16-18-7-4-3-5-8-18/h3-5,7-8,13-14,17,19-20H,6,9-12,15-16H2,1-2H3,(H,26,29)(H2,25,27,30). The number of rotatable bonds is 8. The first-order valence-corrected chi connectivity index (χ1v) is 10.9. The number of nitrogens with one attached hydrogen (secondary N) is 3. The van der Waals surface area contributed by atoms with Crippen molar-refractivity contribution < 1.29 is 9.59 Å². The van der Waals surface area contributed by atoms with Gasteiger partial charge in [-0.05, 0) is 38.7 Å². The van der Waals surface area contributed by atoms with Crippen LogP contribution in [0.3, 0.4) is 0 Å². The van der Waals surface area contributed by atoms with E-state index in [1.165, 1.54) is 5.56 Å². The zero-order valence-corrected chi connectivity index (χ0v) is 17.9. The molecule has 0 spiro atoms. The number of imidazole rings is 1. The number of amides is 3. The second kappa shape index (κ2) is 10.8. The first-order valence-electron chi connectivity index (χ1n) is 10.9. The van der Waals surface area contributed by atoms with Crippen molar-refractivity contribution in [1.29, 1.82) is 0 Å². The van der Waals surface area contributed by atoms with Crippen LogP contribution in [0.15, 0.2) is 42.7 Å². The molecule has 1 fully saturated rings. The molecule has 1 saturated carbocycles. The van der Waals surface area contributed by atoms with Crippen molar-refractivity contribution in [3.8, 4) is 0 Å². The number of hydrogen-bond acceptors (Lipinski definition) is 3. The Hall–Kier alpha value is -2.83. The van der Waals surface area contributed by atoms with Gasteiger partial charge in [0, 0.05) is 49.9 Å². The highest BCUT2D eigenvalue weighted by molar-refractivity contribution is 5.79. The minimum absolute atomic E-state index is 0.0167. The van der Waals surface area contributed by atoms with E-state index in [1.54, 1.807) is 6.20 Å². The molecule has 1 aromatic carbocycles. The molecule has 3 amide bonds. The Bertz CT molecular complexity index is 818. The molecule has 2 atom stereocenters. The summed E-state index contributed by atoms with van der Waals surface area (Å²) < 4.78 is 2.11. The maximum atomic E-state index is 12.3. The molecular weight excluding hydrogens is 378 g/mol. The molecule has 30 heavy (non-hydrogen) atoms. The number of carbonyl (C=O) groups is 2. The van der Waals surface area contributed by atoms with Gasteiger partial charge in [-0.15, -0.1) is 0 Å². The van der Waals surface area contributed by atoms with E-state index in [4.69, 9.17) is 0 Å². The van der Waals surface area contributed by atoms with Crippen LogP contribution in [0.25, 0.3) is 0 Å². The van der Waals surface area contributed by atoms with Gasteiger partial charge in [-0.3, -0.25) is 4.79 Å². The number of carbonyl (C=O) groups excluding carboxylic acids is 2. The van der Waals surface area contributed by atoms with Gasteiger partial charge in [-0.1, -0.05) is 36.8 Å². The molecular formula is C23H33N5O2. The number of urea groups is 1. The van der Waals surface area contributed by atoms with E-state index in [0.29, 0.717) is 19.4 Å². The third kappa shape index (κ3) is 6.61. The average Bonchev–Trinajstić information content (AvgIpc) is 3.15. The monoisotopic (exact) mass is 411 g/mol. The lowest BCUT2D eigenvalue weighted by Gasteiger charge is -2.29. The van der Waals surface area contributed by atoms with E-state index in [2.05, 4.69) is 37.6 Å². The third-order valence-electron chi connectivity index (χ3n) is 5.44. The van der Waals surface area contributed by atoms with Crippen LogP contribution in [0, 0.1) is 5.92 Å². The minimum Gasteiger partial charge on any atom is -0.354 e. The molecule has 2 aromatic rings. The van der Waals surface area contributed by atoms with Crippen molar-refractivity contribution in [1.82, 2.24) is 25.5 Å². The molecule has 3 rings (SSSR count). The number of aromatic nitrogens is 2. The fourth-order valence-electron chi connectivity index (χ4n) is 3.98. The van der Waals surface area contributed by atoms with Crippen LogP contribution in [0.5, 0.6) is 0 Å². The molecule has 7 heteroatoms. The van der Waals surface area contributed by atoms with Crippen molar-refractivity contribution in [2.45, 2.75) is 64.6 Å². The van der Waals surface area contributed by atoms with Crippen molar-refractivity contribution in [2.75, 3.05) is 6.54 Å². The third-order valence-corrected chi connectivity index (χ3v) is 5.44. The molecule has 0 saturated heterocycles. The van der Waals surface area contributed by atoms with Gasteiger partial charge in [-0.2, -0.15) is 0 Å². The lowest BCUT2D eigenvalue weighted by Crippen LogP contribution is -2.47. The summed E-state index contributed by atoms with van der Waals surface area (Å²) in [6.45, 7) is 5.22. The topological polar surface area (TPSA) is 88.1 Å². The number of nitrogens with zero attached hydrogens (tertiary/aromatic N) is 2. The van der Waals surface area contributed by atoms with Crippen LogP contribution in [-0.4, -0.2) is 40.1 Å². The summed E-state index contributed by atoms with van der Waals surface area (Å²) in [7, 11) is 0. The van der Waals surface area contributed by atoms with Crippen LogP contribution in [-0.2, 0) is 17.8 Å². The van der Waals surface area contributed by atoms with Crippen LogP contribution in [0.2, 0.25) is 0 Å². The normalized spacial score (nSPS) is 18.8. The van der Waals surface area contributed by atoms with E-state index >= 15 is 0 Å². The van der Waals surface area contributed by atoms with Crippen molar-refractivity contribution in [3.63, 3.8) is 0 Å². The molecule has 0 radical (unpaired) electrons. The van der Waals surface area contributed by atoms with Gasteiger partial charge in [0.25, 0.3) is 0 Å². The molecule has 1 aliphatic rings. The highest BCUT2D eigenvalue weighted by Crippen LogP contribution is 2.24. The summed E-state index contributed by atoms with van der Waals surface area (Å²) in [6.07, 6.45) is 7.89. The summed E-state index contributed by atoms with van der Waals surface area (Å²) in [6, 6.07) is 10.3. The zero-order valence-electron chi connectivity index (χ0n) is 17.9. The molecule has 0 bridgehead atoms. The fourth-order valence-corrected chi connectivity index (χ4v) is 3.98. The molecule has 7 nitrogen and oxygen atoms in total. The van der Waals surface area contributed by atoms with Gasteiger partial charge in [0.15, 0.2) is 0 Å². The smallest absolute Gasteiger partial charge is 0.315 e. The van der Waals surface area contributed by atoms with Crippen molar-refractivity contribution >= 4 is 11.9 Å². The van der Waals surface area contributed by atoms with Gasteiger partial charge < -0.3 is 20.5 Å². The Morgan fingerprint density at radius 3 is 2.77 bits per heavy atom. The Kier molecular flexibility index (Phi) is 7.88. The fraction of sp³-hybridized carbons (Fsp3) is 0.522. The highest BCUT2D eigenvalue weighted by atomic mass is 16.2. The minimum atomic E-state index is -0.175. The second-order valence-corrected chi connectivity index (χ2v) is 8.33. The van der Waals surface area contributed by atoms with Crippen molar-refractivity contribution in [2.24, 2.45) is 5.92 Å². The van der Waals surface area contributed by atoms with Gasteiger partial charge in [0.2, 0.25) is 5.91 Å². The van der Waals surface area contributed by atoms with Crippen LogP contribution < -0.4 is 16.0 Å². The second-order valence-electron chi connectivity index (χ2n) is 8.33.